The number of hydrogen-bond donors (Lipinski definition) is 2. The van der Waals surface area contributed by atoms with Crippen LogP contribution in [-0.4, -0.2) is 35.8 Å². The highest BCUT2D eigenvalue weighted by Gasteiger charge is 2.32. The molecular formula is C20H21N3O2S. The lowest BCUT2D eigenvalue weighted by atomic mass is 9.79. The Morgan fingerprint density at radius 2 is 2.00 bits per heavy atom. The quantitative estimate of drug-likeness (QED) is 0.687. The fourth-order valence-electron chi connectivity index (χ4n) is 3.42. The average Bonchev–Trinajstić information content (AvgIpc) is 3.06. The molecule has 0 radical (unpaired) electrons. The van der Waals surface area contributed by atoms with Crippen LogP contribution in [-0.2, 0) is 5.41 Å². The van der Waals surface area contributed by atoms with Crippen molar-refractivity contribution in [3.63, 3.8) is 0 Å². The van der Waals surface area contributed by atoms with E-state index < -0.39 is 0 Å². The van der Waals surface area contributed by atoms with Crippen LogP contribution in [0, 0.1) is 0 Å². The normalized spacial score (nSPS) is 15.6. The molecule has 0 spiro atoms. The summed E-state index contributed by atoms with van der Waals surface area (Å²) in [4.78, 5) is 21.5. The lowest BCUT2D eigenvalue weighted by Crippen LogP contribution is -2.43. The van der Waals surface area contributed by atoms with Crippen molar-refractivity contribution >= 4 is 28.7 Å². The van der Waals surface area contributed by atoms with Crippen molar-refractivity contribution in [3.8, 4) is 17.1 Å². The molecule has 0 saturated heterocycles. The monoisotopic (exact) mass is 367 g/mol. The van der Waals surface area contributed by atoms with Gasteiger partial charge < -0.3 is 15.0 Å². The van der Waals surface area contributed by atoms with Crippen LogP contribution in [0.2, 0.25) is 0 Å². The minimum Gasteiger partial charge on any atom is -0.496 e. The van der Waals surface area contributed by atoms with E-state index >= 15 is 0 Å². The zero-order chi connectivity index (χ0) is 18.5. The number of ether oxygens (including phenoxy) is 1. The SMILES string of the molecule is COc1cc(SC)ccc1-c1nc2cc3c(cc2[nH]1)C(C)(C)CNC3=O. The molecule has 1 aromatic heterocycles. The standard InChI is InChI=1S/C20H21N3O2S/c1-20(2)10-21-19(24)13-8-15-16(9-14(13)20)23-18(22-15)12-6-5-11(26-4)7-17(12)25-3/h5-9H,10H2,1-4H3,(H,21,24)(H,22,23). The molecule has 2 N–H and O–H groups in total. The third-order valence-electron chi connectivity index (χ3n) is 4.95. The van der Waals surface area contributed by atoms with Crippen LogP contribution in [0.15, 0.2) is 35.2 Å². The summed E-state index contributed by atoms with van der Waals surface area (Å²) >= 11 is 1.67. The van der Waals surface area contributed by atoms with E-state index in [-0.39, 0.29) is 11.3 Å². The fraction of sp³-hybridized carbons (Fsp3) is 0.300. The summed E-state index contributed by atoms with van der Waals surface area (Å²) in [7, 11) is 1.66. The number of thioether (sulfide) groups is 1. The predicted octanol–water partition coefficient (Wildman–Crippen LogP) is 3.98. The van der Waals surface area contributed by atoms with Crippen molar-refractivity contribution in [1.82, 2.24) is 15.3 Å². The van der Waals surface area contributed by atoms with Crippen LogP contribution >= 0.6 is 11.8 Å². The maximum atomic E-state index is 12.3. The number of hydrogen-bond acceptors (Lipinski definition) is 4. The van der Waals surface area contributed by atoms with Gasteiger partial charge in [0.1, 0.15) is 11.6 Å². The van der Waals surface area contributed by atoms with E-state index in [2.05, 4.69) is 36.3 Å². The van der Waals surface area contributed by atoms with E-state index in [4.69, 9.17) is 9.72 Å². The molecule has 1 aliphatic heterocycles. The number of benzene rings is 2. The Kier molecular flexibility index (Phi) is 3.95. The van der Waals surface area contributed by atoms with Crippen molar-refractivity contribution < 1.29 is 9.53 Å². The number of fused-ring (bicyclic) bond motifs is 2. The molecule has 1 amide bonds. The molecule has 26 heavy (non-hydrogen) atoms. The molecule has 0 aliphatic carbocycles. The number of carbonyl (C=O) groups is 1. The minimum atomic E-state index is -0.111. The van der Waals surface area contributed by atoms with Gasteiger partial charge in [0.05, 0.1) is 23.7 Å². The highest BCUT2D eigenvalue weighted by molar-refractivity contribution is 7.98. The highest BCUT2D eigenvalue weighted by atomic mass is 32.2. The summed E-state index contributed by atoms with van der Waals surface area (Å²) in [5.74, 6) is 1.48. The summed E-state index contributed by atoms with van der Waals surface area (Å²) in [6.07, 6.45) is 2.03. The van der Waals surface area contributed by atoms with Gasteiger partial charge in [-0.05, 0) is 42.2 Å². The summed E-state index contributed by atoms with van der Waals surface area (Å²) < 4.78 is 5.55. The number of H-pyrrole nitrogens is 1. The number of nitrogens with one attached hydrogen (secondary N) is 2. The number of carbonyl (C=O) groups excluding carboxylic acids is 1. The van der Waals surface area contributed by atoms with Crippen molar-refractivity contribution in [2.24, 2.45) is 0 Å². The van der Waals surface area contributed by atoms with Gasteiger partial charge in [0.25, 0.3) is 5.91 Å². The van der Waals surface area contributed by atoms with Gasteiger partial charge in [-0.1, -0.05) is 13.8 Å². The molecule has 0 atom stereocenters. The number of nitrogens with zero attached hydrogens (tertiary/aromatic N) is 1. The van der Waals surface area contributed by atoms with E-state index in [9.17, 15) is 4.79 Å². The maximum Gasteiger partial charge on any atom is 0.251 e. The molecule has 134 valence electrons. The van der Waals surface area contributed by atoms with Gasteiger partial charge in [0.15, 0.2) is 0 Å². The summed E-state index contributed by atoms with van der Waals surface area (Å²) in [5, 5.41) is 2.96. The Morgan fingerprint density at radius 3 is 2.73 bits per heavy atom. The second kappa shape index (κ2) is 6.06. The third kappa shape index (κ3) is 2.65. The minimum absolute atomic E-state index is 0.0346. The van der Waals surface area contributed by atoms with Crippen molar-refractivity contribution in [1.29, 1.82) is 0 Å². The van der Waals surface area contributed by atoms with Crippen molar-refractivity contribution in [3.05, 3.63) is 41.5 Å². The summed E-state index contributed by atoms with van der Waals surface area (Å²) in [5.41, 5.74) is 4.26. The molecule has 1 aliphatic rings. The van der Waals surface area contributed by atoms with E-state index in [0.717, 1.165) is 38.6 Å². The molecule has 0 fully saturated rings. The zero-order valence-corrected chi connectivity index (χ0v) is 16.1. The first-order valence-electron chi connectivity index (χ1n) is 8.48. The largest absolute Gasteiger partial charge is 0.496 e. The summed E-state index contributed by atoms with van der Waals surface area (Å²) in [6, 6.07) is 10.0. The number of aromatic nitrogens is 2. The average molecular weight is 367 g/mol. The van der Waals surface area contributed by atoms with Crippen LogP contribution in [0.3, 0.4) is 0 Å². The molecule has 2 aromatic carbocycles. The molecule has 0 saturated carbocycles. The molecule has 0 bridgehead atoms. The Labute approximate surface area is 156 Å². The lowest BCUT2D eigenvalue weighted by Gasteiger charge is -2.32. The van der Waals surface area contributed by atoms with Crippen LogP contribution in [0.1, 0.15) is 29.8 Å². The first-order valence-corrected chi connectivity index (χ1v) is 9.70. The number of methoxy groups -OCH3 is 1. The molecule has 2 heterocycles. The first-order chi connectivity index (χ1) is 12.4. The number of imidazole rings is 1. The van der Waals surface area contributed by atoms with Gasteiger partial charge in [-0.15, -0.1) is 11.8 Å². The van der Waals surface area contributed by atoms with Crippen molar-refractivity contribution in [2.45, 2.75) is 24.2 Å². The third-order valence-corrected chi connectivity index (χ3v) is 5.67. The molecule has 6 heteroatoms. The van der Waals surface area contributed by atoms with Gasteiger partial charge >= 0.3 is 0 Å². The van der Waals surface area contributed by atoms with Crippen LogP contribution in [0.5, 0.6) is 5.75 Å². The first kappa shape index (κ1) is 17.0. The second-order valence-electron chi connectivity index (χ2n) is 7.13. The summed E-state index contributed by atoms with van der Waals surface area (Å²) in [6.45, 7) is 4.91. The van der Waals surface area contributed by atoms with Gasteiger partial charge in [0.2, 0.25) is 0 Å². The Hall–Kier alpha value is -2.47. The Morgan fingerprint density at radius 1 is 1.19 bits per heavy atom. The van der Waals surface area contributed by atoms with Crippen LogP contribution in [0.4, 0.5) is 0 Å². The van der Waals surface area contributed by atoms with Gasteiger partial charge in [0, 0.05) is 22.4 Å². The topological polar surface area (TPSA) is 67.0 Å². The molecule has 4 rings (SSSR count). The number of rotatable bonds is 3. The maximum absolute atomic E-state index is 12.3. The smallest absolute Gasteiger partial charge is 0.251 e. The van der Waals surface area contributed by atoms with E-state index in [0.29, 0.717) is 12.1 Å². The van der Waals surface area contributed by atoms with Crippen LogP contribution in [0.25, 0.3) is 22.4 Å². The predicted molar refractivity (Wildman–Crippen MR) is 105 cm³/mol. The molecule has 5 nitrogen and oxygen atoms in total. The van der Waals surface area contributed by atoms with Crippen LogP contribution < -0.4 is 10.1 Å². The molecular weight excluding hydrogens is 346 g/mol. The number of amides is 1. The molecule has 3 aromatic rings. The lowest BCUT2D eigenvalue weighted by molar-refractivity contribution is 0.0930. The van der Waals surface area contributed by atoms with Gasteiger partial charge in [-0.2, -0.15) is 0 Å². The fourth-order valence-corrected chi connectivity index (χ4v) is 3.85. The Balaban J connectivity index is 1.88. The second-order valence-corrected chi connectivity index (χ2v) is 8.01. The van der Waals surface area contributed by atoms with Gasteiger partial charge in [-0.3, -0.25) is 4.79 Å². The highest BCUT2D eigenvalue weighted by Crippen LogP contribution is 2.36. The van der Waals surface area contributed by atoms with E-state index in [1.54, 1.807) is 18.9 Å². The van der Waals surface area contributed by atoms with Gasteiger partial charge in [-0.25, -0.2) is 4.98 Å². The Bertz CT molecular complexity index is 1020. The van der Waals surface area contributed by atoms with E-state index in [1.807, 2.05) is 24.5 Å². The van der Waals surface area contributed by atoms with E-state index in [1.165, 1.54) is 0 Å². The zero-order valence-electron chi connectivity index (χ0n) is 15.3. The van der Waals surface area contributed by atoms with Crippen molar-refractivity contribution in [2.75, 3.05) is 19.9 Å². The number of aromatic amines is 1. The molecule has 0 unspecified atom stereocenters.